The van der Waals surface area contributed by atoms with E-state index in [-0.39, 0.29) is 11.5 Å². The van der Waals surface area contributed by atoms with Gasteiger partial charge in [0.25, 0.3) is 0 Å². The summed E-state index contributed by atoms with van der Waals surface area (Å²) in [6.07, 6.45) is 2.71. The third-order valence-corrected chi connectivity index (χ3v) is 6.55. The molecule has 3 aliphatic rings. The van der Waals surface area contributed by atoms with Crippen LogP contribution in [0.25, 0.3) is 6.08 Å². The lowest BCUT2D eigenvalue weighted by Crippen LogP contribution is -2.39. The third kappa shape index (κ3) is 4.51. The first-order valence-electron chi connectivity index (χ1n) is 10.8. The van der Waals surface area contributed by atoms with Crippen LogP contribution in [0.4, 0.5) is 0 Å². The number of Topliss-reactive ketones (excluding diaryl/α,β-unsaturated/α-hetero) is 1. The smallest absolute Gasteiger partial charge is 0.231 e. The van der Waals surface area contributed by atoms with Gasteiger partial charge in [-0.25, -0.2) is 0 Å². The molecule has 0 saturated carbocycles. The molecule has 2 aromatic carbocycles. The topological polar surface area (TPSA) is 51.2 Å². The van der Waals surface area contributed by atoms with E-state index >= 15 is 0 Å². The summed E-state index contributed by atoms with van der Waals surface area (Å²) >= 11 is 12.3. The highest BCUT2D eigenvalue weighted by Gasteiger charge is 2.33. The molecular formula is C24H24Cl2N2O4. The van der Waals surface area contributed by atoms with Gasteiger partial charge in [0.15, 0.2) is 5.76 Å². The van der Waals surface area contributed by atoms with E-state index in [0.29, 0.717) is 40.2 Å². The Labute approximate surface area is 197 Å². The van der Waals surface area contributed by atoms with Crippen molar-refractivity contribution >= 4 is 35.1 Å². The molecule has 0 unspecified atom stereocenters. The normalized spacial score (nSPS) is 20.1. The summed E-state index contributed by atoms with van der Waals surface area (Å²) in [6.45, 7) is 6.80. The van der Waals surface area contributed by atoms with Crippen LogP contribution in [0.15, 0.2) is 36.1 Å². The number of ketones is 1. The van der Waals surface area contributed by atoms with E-state index in [1.165, 1.54) is 0 Å². The van der Waals surface area contributed by atoms with Gasteiger partial charge >= 0.3 is 0 Å². The molecule has 32 heavy (non-hydrogen) atoms. The number of halogens is 2. The van der Waals surface area contributed by atoms with Crippen LogP contribution in [0.5, 0.6) is 11.5 Å². The molecule has 0 aromatic heterocycles. The Morgan fingerprint density at radius 2 is 1.84 bits per heavy atom. The first kappa shape index (κ1) is 21.7. The molecule has 0 spiro atoms. The number of morpholine rings is 1. The second-order valence-corrected chi connectivity index (χ2v) is 9.00. The van der Waals surface area contributed by atoms with Crippen LogP contribution in [0.2, 0.25) is 10.0 Å². The van der Waals surface area contributed by atoms with Crippen LogP contribution < -0.4 is 9.47 Å². The van der Waals surface area contributed by atoms with E-state index in [4.69, 9.17) is 37.4 Å². The molecule has 0 atom stereocenters. The maximum absolute atomic E-state index is 13.0. The fourth-order valence-corrected chi connectivity index (χ4v) is 4.71. The first-order valence-corrected chi connectivity index (χ1v) is 11.5. The van der Waals surface area contributed by atoms with Crippen molar-refractivity contribution in [1.82, 2.24) is 9.80 Å². The van der Waals surface area contributed by atoms with E-state index in [0.717, 1.165) is 57.1 Å². The van der Waals surface area contributed by atoms with Crippen molar-refractivity contribution in [1.29, 1.82) is 0 Å². The molecular weight excluding hydrogens is 451 g/mol. The summed E-state index contributed by atoms with van der Waals surface area (Å²) in [5.74, 6) is 1.45. The minimum Gasteiger partial charge on any atom is -0.478 e. The van der Waals surface area contributed by atoms with Gasteiger partial charge in [-0.15, -0.1) is 0 Å². The van der Waals surface area contributed by atoms with Crippen molar-refractivity contribution in [2.24, 2.45) is 0 Å². The van der Waals surface area contributed by atoms with E-state index in [1.54, 1.807) is 30.3 Å². The first-order chi connectivity index (χ1) is 15.6. The maximum Gasteiger partial charge on any atom is 0.231 e. The molecule has 3 heterocycles. The highest BCUT2D eigenvalue weighted by molar-refractivity contribution is 6.35. The Morgan fingerprint density at radius 1 is 1.03 bits per heavy atom. The Hall–Kier alpha value is -2.09. The van der Waals surface area contributed by atoms with Crippen molar-refractivity contribution in [2.45, 2.75) is 13.0 Å². The van der Waals surface area contributed by atoms with Gasteiger partial charge in [0.05, 0.1) is 24.3 Å². The number of hydrogen-bond acceptors (Lipinski definition) is 6. The molecule has 0 aliphatic carbocycles. The molecule has 168 valence electrons. The van der Waals surface area contributed by atoms with Gasteiger partial charge in [-0.1, -0.05) is 29.3 Å². The number of fused-ring (bicyclic) bond motifs is 3. The van der Waals surface area contributed by atoms with Gasteiger partial charge in [0.1, 0.15) is 18.2 Å². The minimum atomic E-state index is -0.154. The number of allylic oxidation sites excluding steroid dienone is 1. The number of carbonyl (C=O) groups is 1. The quantitative estimate of drug-likeness (QED) is 0.595. The summed E-state index contributed by atoms with van der Waals surface area (Å²) in [7, 11) is 0. The van der Waals surface area contributed by atoms with Crippen LogP contribution >= 0.6 is 23.2 Å². The number of hydrogen-bond donors (Lipinski definition) is 0. The Kier molecular flexibility index (Phi) is 6.40. The Balaban J connectivity index is 1.30. The number of ether oxygens (including phenoxy) is 3. The zero-order valence-electron chi connectivity index (χ0n) is 17.6. The van der Waals surface area contributed by atoms with Crippen LogP contribution in [-0.4, -0.2) is 61.7 Å². The maximum atomic E-state index is 13.0. The fraction of sp³-hybridized carbons (Fsp3) is 0.375. The molecule has 0 radical (unpaired) electrons. The molecule has 2 aromatic rings. The molecule has 6 nitrogen and oxygen atoms in total. The highest BCUT2D eigenvalue weighted by Crippen LogP contribution is 2.42. The van der Waals surface area contributed by atoms with Gasteiger partial charge in [-0.3, -0.25) is 14.6 Å². The predicted octanol–water partition coefficient (Wildman–Crippen LogP) is 4.48. The van der Waals surface area contributed by atoms with Crippen molar-refractivity contribution < 1.29 is 19.0 Å². The SMILES string of the molecule is O=C1/C(=C/c2ccc(Cl)cc2Cl)Oc2c1ccc1c2CN(CCCN2CCOCC2)CO1. The van der Waals surface area contributed by atoms with Gasteiger partial charge in [-0.05, 0) is 48.9 Å². The van der Waals surface area contributed by atoms with Crippen molar-refractivity contribution in [3.8, 4) is 11.5 Å². The second kappa shape index (κ2) is 9.41. The van der Waals surface area contributed by atoms with Gasteiger partial charge in [-0.2, -0.15) is 0 Å². The summed E-state index contributed by atoms with van der Waals surface area (Å²) in [6, 6.07) is 8.78. The molecule has 1 fully saturated rings. The van der Waals surface area contributed by atoms with Crippen LogP contribution in [0.1, 0.15) is 27.9 Å². The Morgan fingerprint density at radius 3 is 2.66 bits per heavy atom. The zero-order valence-corrected chi connectivity index (χ0v) is 19.1. The summed E-state index contributed by atoms with van der Waals surface area (Å²) < 4.78 is 17.4. The van der Waals surface area contributed by atoms with Gasteiger partial charge in [0, 0.05) is 36.2 Å². The monoisotopic (exact) mass is 474 g/mol. The fourth-order valence-electron chi connectivity index (χ4n) is 4.25. The number of benzene rings is 2. The van der Waals surface area contributed by atoms with Crippen LogP contribution in [0.3, 0.4) is 0 Å². The van der Waals surface area contributed by atoms with Crippen molar-refractivity contribution in [3.63, 3.8) is 0 Å². The lowest BCUT2D eigenvalue weighted by Gasteiger charge is -2.31. The standard InChI is InChI=1S/C24H24Cl2N2O4/c25-17-3-2-16(20(26)13-17)12-22-23(29)18-4-5-21-19(24(18)32-22)14-28(15-31-21)7-1-6-27-8-10-30-11-9-27/h2-5,12-13H,1,6-11,14-15H2/b22-12-. The molecule has 3 aliphatic heterocycles. The molecule has 0 bridgehead atoms. The number of rotatable bonds is 5. The molecule has 0 amide bonds. The van der Waals surface area contributed by atoms with Crippen molar-refractivity contribution in [3.05, 3.63) is 62.8 Å². The molecule has 8 heteroatoms. The summed E-state index contributed by atoms with van der Waals surface area (Å²) in [5.41, 5.74) is 2.15. The molecule has 5 rings (SSSR count). The average molecular weight is 475 g/mol. The van der Waals surface area contributed by atoms with Gasteiger partial charge < -0.3 is 14.2 Å². The zero-order chi connectivity index (χ0) is 22.1. The predicted molar refractivity (Wildman–Crippen MR) is 124 cm³/mol. The second-order valence-electron chi connectivity index (χ2n) is 8.16. The van der Waals surface area contributed by atoms with E-state index < -0.39 is 0 Å². The van der Waals surface area contributed by atoms with Crippen LogP contribution in [0, 0.1) is 0 Å². The molecule has 0 N–H and O–H groups in total. The van der Waals surface area contributed by atoms with Crippen molar-refractivity contribution in [2.75, 3.05) is 46.1 Å². The van der Waals surface area contributed by atoms with E-state index in [2.05, 4.69) is 9.80 Å². The van der Waals surface area contributed by atoms with E-state index in [1.807, 2.05) is 6.07 Å². The largest absolute Gasteiger partial charge is 0.478 e. The summed E-state index contributed by atoms with van der Waals surface area (Å²) in [5, 5.41) is 1.01. The minimum absolute atomic E-state index is 0.154. The van der Waals surface area contributed by atoms with E-state index in [9.17, 15) is 4.79 Å². The lowest BCUT2D eigenvalue weighted by atomic mass is 10.0. The number of carbonyl (C=O) groups excluding carboxylic acids is 1. The lowest BCUT2D eigenvalue weighted by molar-refractivity contribution is 0.0329. The third-order valence-electron chi connectivity index (χ3n) is 5.98. The molecule has 1 saturated heterocycles. The highest BCUT2D eigenvalue weighted by atomic mass is 35.5. The summed E-state index contributed by atoms with van der Waals surface area (Å²) in [4.78, 5) is 17.6. The van der Waals surface area contributed by atoms with Gasteiger partial charge in [0.2, 0.25) is 5.78 Å². The Bertz CT molecular complexity index is 1070. The number of nitrogens with zero attached hydrogens (tertiary/aromatic N) is 2. The average Bonchev–Trinajstić information content (AvgIpc) is 3.12. The van der Waals surface area contributed by atoms with Crippen LogP contribution in [-0.2, 0) is 11.3 Å².